The third kappa shape index (κ3) is 7.59. The van der Waals surface area contributed by atoms with Gasteiger partial charge in [0.05, 0.1) is 6.10 Å². The highest BCUT2D eigenvalue weighted by Crippen LogP contribution is 2.64. The number of hydrogen-bond acceptors (Lipinski definition) is 7. The predicted octanol–water partition coefficient (Wildman–Crippen LogP) is 4.48. The van der Waals surface area contributed by atoms with Crippen molar-refractivity contribution in [3.8, 4) is 11.5 Å². The summed E-state index contributed by atoms with van der Waals surface area (Å²) >= 11 is 0. The zero-order valence-corrected chi connectivity index (χ0v) is 28.4. The van der Waals surface area contributed by atoms with Crippen LogP contribution in [0.25, 0.3) is 0 Å². The number of hydrogen-bond donors (Lipinski definition) is 4. The summed E-state index contributed by atoms with van der Waals surface area (Å²) in [5, 5.41) is 28.0. The first kappa shape index (κ1) is 34.3. The maximum atomic E-state index is 12.1. The van der Waals surface area contributed by atoms with E-state index in [1.54, 1.807) is 13.0 Å². The standard InChI is InChI=1S/C35H54N3O6P/c1-22(23(2)39)9-6-8-18-36-29(41)10-5-4-7-19-37-30(45)15-16-31(42)43-28-14-12-25-26-21-24-11-13-27(40)33-32(24)35(25,34(28)44-33)17-20-38(26)3/h11,13,22,25-26,28,31,34,37,40,42,45H,4-10,12,14-21H2,1-3H3,(H,36,41). The van der Waals surface area contributed by atoms with Gasteiger partial charge in [0.1, 0.15) is 11.9 Å². The summed E-state index contributed by atoms with van der Waals surface area (Å²) in [6, 6.07) is 4.31. The molecule has 1 saturated heterocycles. The first-order valence-electron chi connectivity index (χ1n) is 17.3. The van der Waals surface area contributed by atoms with Crippen LogP contribution in [0.1, 0.15) is 102 Å². The summed E-state index contributed by atoms with van der Waals surface area (Å²) in [5.74, 6) is 1.75. The highest BCUT2D eigenvalue weighted by atomic mass is 31.0. The number of aliphatic hydroxyl groups excluding tert-OH is 1. The number of carbonyl (C=O) groups is 2. The fraction of sp³-hybridized carbons (Fsp3) is 0.743. The molecule has 5 rings (SSSR count). The molecule has 1 spiro atoms. The second kappa shape index (κ2) is 15.2. The number of aromatic hydroxyl groups is 1. The van der Waals surface area contributed by atoms with Gasteiger partial charge < -0.3 is 29.9 Å². The fourth-order valence-electron chi connectivity index (χ4n) is 8.38. The Morgan fingerprint density at radius 3 is 2.69 bits per heavy atom. The first-order chi connectivity index (χ1) is 21.6. The fourth-order valence-corrected chi connectivity index (χ4v) is 8.65. The Morgan fingerprint density at radius 2 is 1.89 bits per heavy atom. The molecule has 4 aliphatic rings. The SMILES string of the molecule is CC(=O)C(C)CCCCNC(=O)CCCCCNC(=P)CCC(O)OC1CCC2C3Cc4ccc(O)c5c4C2(CCN3C)C1O5. The second-order valence-electron chi connectivity index (χ2n) is 14.0. The third-order valence-corrected chi connectivity index (χ3v) is 11.4. The average molecular weight is 644 g/mol. The van der Waals surface area contributed by atoms with Crippen molar-refractivity contribution in [3.05, 3.63) is 23.3 Å². The number of phenolic OH excluding ortho intramolecular Hbond substituents is 1. The molecule has 2 aliphatic heterocycles. The molecule has 45 heavy (non-hydrogen) atoms. The predicted molar refractivity (Wildman–Crippen MR) is 178 cm³/mol. The van der Waals surface area contributed by atoms with Gasteiger partial charge in [0.15, 0.2) is 17.8 Å². The molecule has 1 aromatic carbocycles. The number of amides is 1. The van der Waals surface area contributed by atoms with E-state index in [4.69, 9.17) is 9.47 Å². The van der Waals surface area contributed by atoms with Gasteiger partial charge in [0.25, 0.3) is 0 Å². The molecule has 250 valence electrons. The van der Waals surface area contributed by atoms with E-state index < -0.39 is 6.29 Å². The summed E-state index contributed by atoms with van der Waals surface area (Å²) in [7, 11) is 5.90. The number of aliphatic hydroxyl groups is 1. The van der Waals surface area contributed by atoms with Crippen LogP contribution in [0.15, 0.2) is 12.1 Å². The molecule has 9 nitrogen and oxygen atoms in total. The number of carbonyl (C=O) groups excluding carboxylic acids is 2. The molecule has 7 unspecified atom stereocenters. The van der Waals surface area contributed by atoms with Crippen molar-refractivity contribution >= 4 is 26.0 Å². The van der Waals surface area contributed by atoms with Crippen LogP contribution in [0.5, 0.6) is 11.5 Å². The van der Waals surface area contributed by atoms with E-state index in [2.05, 4.69) is 37.5 Å². The van der Waals surface area contributed by atoms with Crippen molar-refractivity contribution in [1.82, 2.24) is 15.5 Å². The number of ketones is 1. The lowest BCUT2D eigenvalue weighted by Crippen LogP contribution is -2.66. The van der Waals surface area contributed by atoms with Crippen LogP contribution in [0.2, 0.25) is 0 Å². The second-order valence-corrected chi connectivity index (χ2v) is 14.6. The molecule has 1 saturated carbocycles. The lowest BCUT2D eigenvalue weighted by Gasteiger charge is -2.59. The Bertz CT molecular complexity index is 1230. The molecule has 1 aromatic rings. The molecule has 2 aliphatic carbocycles. The number of benzene rings is 1. The molecule has 2 bridgehead atoms. The summed E-state index contributed by atoms with van der Waals surface area (Å²) in [5.41, 5.74) is 3.26. The van der Waals surface area contributed by atoms with E-state index >= 15 is 0 Å². The zero-order chi connectivity index (χ0) is 32.1. The summed E-state index contributed by atoms with van der Waals surface area (Å²) < 4.78 is 12.9. The molecule has 7 atom stereocenters. The van der Waals surface area contributed by atoms with Crippen LogP contribution in [-0.4, -0.2) is 83.4 Å². The van der Waals surface area contributed by atoms with Gasteiger partial charge in [-0.25, -0.2) is 0 Å². The highest BCUT2D eigenvalue weighted by Gasteiger charge is 2.65. The van der Waals surface area contributed by atoms with Crippen LogP contribution >= 0.6 is 8.86 Å². The van der Waals surface area contributed by atoms with Crippen molar-refractivity contribution in [2.75, 3.05) is 26.7 Å². The normalized spacial score (nSPS) is 27.7. The van der Waals surface area contributed by atoms with E-state index in [0.717, 1.165) is 82.7 Å². The van der Waals surface area contributed by atoms with Gasteiger partial charge in [0, 0.05) is 47.7 Å². The minimum absolute atomic E-state index is 0.0975. The highest BCUT2D eigenvalue weighted by molar-refractivity contribution is 7.20. The Balaban J connectivity index is 0.978. The van der Waals surface area contributed by atoms with Crippen molar-refractivity contribution in [3.63, 3.8) is 0 Å². The number of rotatable bonds is 18. The Labute approximate surface area is 271 Å². The lowest BCUT2D eigenvalue weighted by molar-refractivity contribution is -0.195. The topological polar surface area (TPSA) is 120 Å². The van der Waals surface area contributed by atoms with Crippen molar-refractivity contribution in [1.29, 1.82) is 0 Å². The molecule has 1 amide bonds. The smallest absolute Gasteiger partial charge is 0.219 e. The van der Waals surface area contributed by atoms with Gasteiger partial charge in [-0.05, 0) is 102 Å². The number of Topliss-reactive ketones (excluding diaryl/α,β-unsaturated/α-hetero) is 1. The van der Waals surface area contributed by atoms with Crippen LogP contribution in [0.3, 0.4) is 0 Å². The molecular formula is C35H54N3O6P. The molecule has 0 aromatic heterocycles. The molecule has 0 radical (unpaired) electrons. The van der Waals surface area contributed by atoms with Gasteiger partial charge in [-0.15, -0.1) is 8.86 Å². The van der Waals surface area contributed by atoms with Gasteiger partial charge in [-0.2, -0.15) is 0 Å². The number of unbranched alkanes of at least 4 members (excludes halogenated alkanes) is 3. The largest absolute Gasteiger partial charge is 0.504 e. The van der Waals surface area contributed by atoms with Gasteiger partial charge in [0.2, 0.25) is 5.91 Å². The summed E-state index contributed by atoms with van der Waals surface area (Å²) in [6.07, 6.45) is 9.67. The van der Waals surface area contributed by atoms with E-state index in [-0.39, 0.29) is 41.0 Å². The monoisotopic (exact) mass is 643 g/mol. The van der Waals surface area contributed by atoms with Crippen LogP contribution in [0, 0.1) is 11.8 Å². The number of likely N-dealkylation sites (N-methyl/N-ethyl adjacent to an activating group) is 1. The van der Waals surface area contributed by atoms with Crippen molar-refractivity contribution in [2.45, 2.75) is 127 Å². The van der Waals surface area contributed by atoms with E-state index in [1.807, 2.05) is 6.92 Å². The summed E-state index contributed by atoms with van der Waals surface area (Å²) in [4.78, 5) is 25.9. The molecule has 10 heteroatoms. The van der Waals surface area contributed by atoms with Crippen LogP contribution in [-0.2, 0) is 26.2 Å². The van der Waals surface area contributed by atoms with Crippen LogP contribution < -0.4 is 15.4 Å². The summed E-state index contributed by atoms with van der Waals surface area (Å²) in [6.45, 7) is 6.06. The van der Waals surface area contributed by atoms with Gasteiger partial charge in [-0.3, -0.25) is 14.9 Å². The Hall–Kier alpha value is -2.03. The number of nitrogens with zero attached hydrogens (tertiary/aromatic N) is 1. The van der Waals surface area contributed by atoms with Crippen LogP contribution in [0.4, 0.5) is 0 Å². The molecular weight excluding hydrogens is 589 g/mol. The zero-order valence-electron chi connectivity index (χ0n) is 27.4. The number of piperidine rings is 1. The number of phenols is 1. The number of ether oxygens (including phenoxy) is 2. The molecule has 2 fully saturated rings. The maximum Gasteiger partial charge on any atom is 0.219 e. The van der Waals surface area contributed by atoms with E-state index in [9.17, 15) is 19.8 Å². The average Bonchev–Trinajstić information content (AvgIpc) is 3.37. The minimum Gasteiger partial charge on any atom is -0.504 e. The maximum absolute atomic E-state index is 12.1. The minimum atomic E-state index is -0.904. The van der Waals surface area contributed by atoms with E-state index in [1.165, 1.54) is 11.1 Å². The third-order valence-electron chi connectivity index (χ3n) is 11.0. The quantitative estimate of drug-likeness (QED) is 0.105. The van der Waals surface area contributed by atoms with E-state index in [0.29, 0.717) is 43.5 Å². The molecule has 2 heterocycles. The Kier molecular flexibility index (Phi) is 11.6. The molecule has 4 N–H and O–H groups in total. The van der Waals surface area contributed by atoms with Crippen molar-refractivity contribution < 1.29 is 29.3 Å². The Morgan fingerprint density at radius 1 is 1.11 bits per heavy atom. The number of nitrogens with one attached hydrogen (secondary N) is 2. The van der Waals surface area contributed by atoms with Crippen molar-refractivity contribution in [2.24, 2.45) is 11.8 Å². The van der Waals surface area contributed by atoms with Gasteiger partial charge in [-0.1, -0.05) is 25.8 Å². The number of likely N-dealkylation sites (tertiary alicyclic amines) is 1. The first-order valence-corrected chi connectivity index (χ1v) is 17.8. The van der Waals surface area contributed by atoms with Gasteiger partial charge >= 0.3 is 0 Å². The lowest BCUT2D eigenvalue weighted by atomic mass is 9.51.